The third kappa shape index (κ3) is 8.22. The first-order chi connectivity index (χ1) is 20.8. The summed E-state index contributed by atoms with van der Waals surface area (Å²) in [5.41, 5.74) is 1.65. The highest BCUT2D eigenvalue weighted by molar-refractivity contribution is 7.92. The monoisotopic (exact) mass is 623 g/mol. The number of sulfonamides is 1. The van der Waals surface area contributed by atoms with Crippen LogP contribution in [-0.2, 0) is 26.2 Å². The molecular formula is C31H41N7O5S. The van der Waals surface area contributed by atoms with E-state index >= 15 is 0 Å². The zero-order valence-electron chi connectivity index (χ0n) is 25.9. The lowest BCUT2D eigenvalue weighted by molar-refractivity contribution is -0.129. The fraction of sp³-hybridized carbons (Fsp3) is 0.452. The highest BCUT2D eigenvalue weighted by atomic mass is 32.2. The van der Waals surface area contributed by atoms with Crippen LogP contribution in [-0.4, -0.2) is 78.2 Å². The van der Waals surface area contributed by atoms with Crippen LogP contribution in [0.2, 0.25) is 0 Å². The lowest BCUT2D eigenvalue weighted by Gasteiger charge is -2.26. The van der Waals surface area contributed by atoms with Crippen LogP contribution >= 0.6 is 0 Å². The van der Waals surface area contributed by atoms with Gasteiger partial charge in [0, 0.05) is 37.7 Å². The molecule has 1 aliphatic rings. The second-order valence-electron chi connectivity index (χ2n) is 11.5. The molecule has 1 aliphatic heterocycles. The van der Waals surface area contributed by atoms with E-state index in [-0.39, 0.29) is 36.6 Å². The Morgan fingerprint density at radius 2 is 1.70 bits per heavy atom. The molecule has 3 amide bonds. The molecule has 2 aromatic carbocycles. The minimum atomic E-state index is -3.45. The van der Waals surface area contributed by atoms with E-state index < -0.39 is 22.1 Å². The van der Waals surface area contributed by atoms with Crippen LogP contribution < -0.4 is 14.9 Å². The molecule has 3 aromatic rings. The smallest absolute Gasteiger partial charge is 0.253 e. The van der Waals surface area contributed by atoms with Gasteiger partial charge < -0.3 is 15.5 Å². The van der Waals surface area contributed by atoms with Crippen LogP contribution in [0.15, 0.2) is 54.6 Å². The number of fused-ring (bicyclic) bond motifs is 1. The Hall–Kier alpha value is -4.26. The van der Waals surface area contributed by atoms with E-state index in [4.69, 9.17) is 10.1 Å². The fourth-order valence-electron chi connectivity index (χ4n) is 5.05. The maximum Gasteiger partial charge on any atom is 0.253 e. The van der Waals surface area contributed by atoms with Crippen molar-refractivity contribution in [2.75, 3.05) is 30.7 Å². The van der Waals surface area contributed by atoms with Gasteiger partial charge in [0.05, 0.1) is 24.5 Å². The number of hydrogen-bond acceptors (Lipinski definition) is 7. The Bertz CT molecular complexity index is 1570. The minimum Gasteiger partial charge on any atom is -0.345 e. The van der Waals surface area contributed by atoms with Crippen LogP contribution in [0, 0.1) is 5.92 Å². The number of aromatic nitrogens is 3. The Morgan fingerprint density at radius 1 is 1.02 bits per heavy atom. The average Bonchev–Trinajstić information content (AvgIpc) is 3.41. The molecule has 2 atom stereocenters. The molecule has 0 spiro atoms. The zero-order valence-corrected chi connectivity index (χ0v) is 26.7. The number of nitrogens with zero attached hydrogens (tertiary/aromatic N) is 5. The average molecular weight is 624 g/mol. The molecule has 0 radical (unpaired) electrons. The van der Waals surface area contributed by atoms with Crippen molar-refractivity contribution in [3.63, 3.8) is 0 Å². The summed E-state index contributed by atoms with van der Waals surface area (Å²) in [4.78, 5) is 46.3. The molecule has 2 N–H and O–H groups in total. The SMILES string of the molecule is CC(C)C[C@H]1NC(=O)CCCN(C(=O)c2ccc(N(C)S(C)(=O)=O)cc2)CCn2nc(-c3ccccc3)nc2[C@@H](C)NC1=O. The molecule has 13 heteroatoms. The van der Waals surface area contributed by atoms with Crippen molar-refractivity contribution in [3.8, 4) is 11.4 Å². The van der Waals surface area contributed by atoms with Gasteiger partial charge in [-0.25, -0.2) is 18.1 Å². The summed E-state index contributed by atoms with van der Waals surface area (Å²) >= 11 is 0. The van der Waals surface area contributed by atoms with Gasteiger partial charge in [-0.05, 0) is 49.9 Å². The van der Waals surface area contributed by atoms with Crippen LogP contribution in [0.4, 0.5) is 5.69 Å². The maximum atomic E-state index is 13.7. The Morgan fingerprint density at radius 3 is 2.34 bits per heavy atom. The number of carbonyl (C=O) groups excluding carboxylic acids is 3. The van der Waals surface area contributed by atoms with Crippen LogP contribution in [0.1, 0.15) is 62.3 Å². The van der Waals surface area contributed by atoms with Crippen LogP contribution in [0.25, 0.3) is 11.4 Å². The van der Waals surface area contributed by atoms with Crippen molar-refractivity contribution < 1.29 is 22.8 Å². The largest absolute Gasteiger partial charge is 0.345 e. The predicted octanol–water partition coefficient (Wildman–Crippen LogP) is 2.99. The molecule has 0 bridgehead atoms. The van der Waals surface area contributed by atoms with E-state index in [0.29, 0.717) is 48.8 Å². The molecule has 0 saturated heterocycles. The van der Waals surface area contributed by atoms with E-state index in [0.717, 1.165) is 16.1 Å². The quantitative estimate of drug-likeness (QED) is 0.429. The molecule has 0 fully saturated rings. The van der Waals surface area contributed by atoms with Crippen molar-refractivity contribution in [2.45, 2.75) is 58.7 Å². The third-order valence-electron chi connectivity index (χ3n) is 7.51. The molecule has 4 rings (SSSR count). The molecule has 1 aromatic heterocycles. The molecule has 2 heterocycles. The molecule has 236 valence electrons. The Kier molecular flexibility index (Phi) is 10.4. The molecular weight excluding hydrogens is 582 g/mol. The van der Waals surface area contributed by atoms with Crippen molar-refractivity contribution in [1.82, 2.24) is 30.3 Å². The Balaban J connectivity index is 1.66. The lowest BCUT2D eigenvalue weighted by atomic mass is 10.0. The van der Waals surface area contributed by atoms with Gasteiger partial charge in [0.1, 0.15) is 11.9 Å². The van der Waals surface area contributed by atoms with Crippen molar-refractivity contribution >= 4 is 33.4 Å². The van der Waals surface area contributed by atoms with Gasteiger partial charge in [0.15, 0.2) is 5.82 Å². The van der Waals surface area contributed by atoms with Crippen molar-refractivity contribution in [1.29, 1.82) is 0 Å². The van der Waals surface area contributed by atoms with Gasteiger partial charge in [-0.2, -0.15) is 5.10 Å². The van der Waals surface area contributed by atoms with Crippen molar-refractivity contribution in [2.24, 2.45) is 5.92 Å². The van der Waals surface area contributed by atoms with E-state index in [2.05, 4.69) is 10.6 Å². The first kappa shape index (κ1) is 32.6. The number of hydrogen-bond donors (Lipinski definition) is 2. The maximum absolute atomic E-state index is 13.7. The topological polar surface area (TPSA) is 147 Å². The van der Waals surface area contributed by atoms with E-state index in [9.17, 15) is 22.8 Å². The summed E-state index contributed by atoms with van der Waals surface area (Å²) in [6, 6.07) is 14.7. The number of amides is 3. The first-order valence-electron chi connectivity index (χ1n) is 14.8. The van der Waals surface area contributed by atoms with E-state index in [1.807, 2.05) is 51.1 Å². The summed E-state index contributed by atoms with van der Waals surface area (Å²) in [5, 5.41) is 10.6. The van der Waals surface area contributed by atoms with Gasteiger partial charge in [-0.15, -0.1) is 0 Å². The van der Waals surface area contributed by atoms with Gasteiger partial charge >= 0.3 is 0 Å². The zero-order chi connectivity index (χ0) is 32.0. The number of rotatable bonds is 6. The molecule has 0 aliphatic carbocycles. The summed E-state index contributed by atoms with van der Waals surface area (Å²) in [5.74, 6) is 0.408. The number of nitrogens with one attached hydrogen (secondary N) is 2. The first-order valence-corrected chi connectivity index (χ1v) is 16.6. The highest BCUT2D eigenvalue weighted by Gasteiger charge is 2.27. The highest BCUT2D eigenvalue weighted by Crippen LogP contribution is 2.21. The second-order valence-corrected chi connectivity index (χ2v) is 13.5. The van der Waals surface area contributed by atoms with E-state index in [1.165, 1.54) is 7.05 Å². The van der Waals surface area contributed by atoms with Crippen molar-refractivity contribution in [3.05, 3.63) is 66.0 Å². The number of carbonyl (C=O) groups is 3. The summed E-state index contributed by atoms with van der Waals surface area (Å²) in [6.07, 6.45) is 2.12. The normalized spacial score (nSPS) is 18.6. The molecule has 0 unspecified atom stereocenters. The van der Waals surface area contributed by atoms with Crippen LogP contribution in [0.3, 0.4) is 0 Å². The van der Waals surface area contributed by atoms with Gasteiger partial charge in [0.2, 0.25) is 21.8 Å². The second kappa shape index (κ2) is 14.0. The molecule has 12 nitrogen and oxygen atoms in total. The molecule has 44 heavy (non-hydrogen) atoms. The third-order valence-corrected chi connectivity index (χ3v) is 8.72. The minimum absolute atomic E-state index is 0.145. The number of anilines is 1. The summed E-state index contributed by atoms with van der Waals surface area (Å²) < 4.78 is 26.8. The number of benzene rings is 2. The predicted molar refractivity (Wildman–Crippen MR) is 168 cm³/mol. The van der Waals surface area contributed by atoms with E-state index in [1.54, 1.807) is 33.8 Å². The standard InChI is InChI=1S/C31H41N7O5S/c1-21(2)20-26-30(40)32-22(3)29-34-28(23-10-7-6-8-11-23)35-38(29)19-18-37(17-9-12-27(39)33-26)31(41)24-13-15-25(16-14-24)36(4)44(5,42)43/h6-8,10-11,13-16,21-22,26H,9,12,17-20H2,1-5H3,(H,32,40)(H,33,39)/t22-,26-/m1/s1. The Labute approximate surface area is 258 Å². The fourth-order valence-corrected chi connectivity index (χ4v) is 5.55. The van der Waals surface area contributed by atoms with Gasteiger partial charge in [-0.1, -0.05) is 44.2 Å². The molecule has 0 saturated carbocycles. The van der Waals surface area contributed by atoms with Crippen LogP contribution in [0.5, 0.6) is 0 Å². The summed E-state index contributed by atoms with van der Waals surface area (Å²) in [7, 11) is -2.00. The lowest BCUT2D eigenvalue weighted by Crippen LogP contribution is -2.48. The van der Waals surface area contributed by atoms with Gasteiger partial charge in [0.25, 0.3) is 5.91 Å². The van der Waals surface area contributed by atoms with Gasteiger partial charge in [-0.3, -0.25) is 18.7 Å². The summed E-state index contributed by atoms with van der Waals surface area (Å²) in [6.45, 7) is 6.68.